The summed E-state index contributed by atoms with van der Waals surface area (Å²) < 4.78 is 1.91. The van der Waals surface area contributed by atoms with Crippen molar-refractivity contribution in [3.63, 3.8) is 0 Å². The van der Waals surface area contributed by atoms with Crippen LogP contribution in [0.3, 0.4) is 0 Å². The van der Waals surface area contributed by atoms with Crippen molar-refractivity contribution in [2.45, 2.75) is 6.92 Å². The molecule has 0 radical (unpaired) electrons. The molecule has 16 heavy (non-hydrogen) atoms. The Hall–Kier alpha value is -2.23. The highest BCUT2D eigenvalue weighted by molar-refractivity contribution is 5.66. The largest absolute Gasteiger partial charge is 0.399 e. The number of fused-ring (bicyclic) bond motifs is 1. The number of aromatic nitrogens is 3. The lowest BCUT2D eigenvalue weighted by molar-refractivity contribution is 0.945. The number of nitrogens with two attached hydrogens (primary N) is 1. The summed E-state index contributed by atoms with van der Waals surface area (Å²) in [5, 5.41) is 3.19. The molecule has 2 heterocycles. The average Bonchev–Trinajstić information content (AvgIpc) is 2.74. The van der Waals surface area contributed by atoms with Crippen LogP contribution in [-0.4, -0.2) is 14.6 Å². The Labute approximate surface area is 92.7 Å². The minimum atomic E-state index is 0.755. The molecular weight excluding hydrogens is 200 g/mol. The van der Waals surface area contributed by atoms with E-state index in [1.807, 2.05) is 48.0 Å². The van der Waals surface area contributed by atoms with Gasteiger partial charge >= 0.3 is 0 Å². The third kappa shape index (κ3) is 1.35. The highest BCUT2D eigenvalue weighted by atomic mass is 15.3. The van der Waals surface area contributed by atoms with Gasteiger partial charge in [-0.15, -0.1) is 0 Å². The zero-order valence-electron chi connectivity index (χ0n) is 8.94. The SMILES string of the molecule is Cc1cc2nc(-c3cccc(N)c3)cn2[nH]1. The summed E-state index contributed by atoms with van der Waals surface area (Å²) in [7, 11) is 0. The molecule has 0 amide bonds. The molecule has 0 aliphatic rings. The number of nitrogens with one attached hydrogen (secondary N) is 1. The van der Waals surface area contributed by atoms with E-state index in [1.54, 1.807) is 0 Å². The van der Waals surface area contributed by atoms with Crippen LogP contribution in [0.4, 0.5) is 5.69 Å². The number of H-pyrrole nitrogens is 1. The van der Waals surface area contributed by atoms with Crippen molar-refractivity contribution >= 4 is 11.3 Å². The number of hydrogen-bond donors (Lipinski definition) is 2. The molecule has 3 rings (SSSR count). The average molecular weight is 212 g/mol. The standard InChI is InChI=1S/C12H12N4/c1-8-5-12-14-11(7-16(12)15-8)9-3-2-4-10(13)6-9/h2-7,15H,13H2,1H3. The van der Waals surface area contributed by atoms with Crippen molar-refractivity contribution in [2.75, 3.05) is 5.73 Å². The molecule has 1 aromatic carbocycles. The quantitative estimate of drug-likeness (QED) is 0.607. The minimum Gasteiger partial charge on any atom is -0.399 e. The Kier molecular flexibility index (Phi) is 1.77. The molecule has 0 bridgehead atoms. The molecule has 0 saturated carbocycles. The number of anilines is 1. The maximum absolute atomic E-state index is 5.75. The topological polar surface area (TPSA) is 59.1 Å². The summed E-state index contributed by atoms with van der Waals surface area (Å²) in [6.07, 6.45) is 1.97. The molecule has 80 valence electrons. The minimum absolute atomic E-state index is 0.755. The normalized spacial score (nSPS) is 11.1. The van der Waals surface area contributed by atoms with E-state index >= 15 is 0 Å². The number of hydrogen-bond acceptors (Lipinski definition) is 2. The van der Waals surface area contributed by atoms with E-state index in [2.05, 4.69) is 10.1 Å². The molecule has 0 saturated heterocycles. The Balaban J connectivity index is 2.15. The fraction of sp³-hybridized carbons (Fsp3) is 0.0833. The molecular formula is C12H12N4. The van der Waals surface area contributed by atoms with Crippen molar-refractivity contribution in [1.29, 1.82) is 0 Å². The molecule has 0 aliphatic heterocycles. The lowest BCUT2D eigenvalue weighted by Gasteiger charge is -1.97. The van der Waals surface area contributed by atoms with Crippen LogP contribution in [0.1, 0.15) is 5.69 Å². The summed E-state index contributed by atoms with van der Waals surface area (Å²) >= 11 is 0. The van der Waals surface area contributed by atoms with Crippen LogP contribution in [0.25, 0.3) is 16.9 Å². The van der Waals surface area contributed by atoms with Gasteiger partial charge in [-0.1, -0.05) is 12.1 Å². The monoisotopic (exact) mass is 212 g/mol. The van der Waals surface area contributed by atoms with E-state index < -0.39 is 0 Å². The first kappa shape index (κ1) is 9.03. The van der Waals surface area contributed by atoms with Gasteiger partial charge in [-0.05, 0) is 19.1 Å². The van der Waals surface area contributed by atoms with Crippen LogP contribution in [0.15, 0.2) is 36.5 Å². The second kappa shape index (κ2) is 3.13. The van der Waals surface area contributed by atoms with Crippen LogP contribution in [0, 0.1) is 6.92 Å². The first-order chi connectivity index (χ1) is 7.72. The number of imidazole rings is 1. The van der Waals surface area contributed by atoms with Gasteiger partial charge < -0.3 is 5.73 Å². The predicted octanol–water partition coefficient (Wildman–Crippen LogP) is 2.22. The van der Waals surface area contributed by atoms with Crippen molar-refractivity contribution in [1.82, 2.24) is 14.6 Å². The lowest BCUT2D eigenvalue weighted by Crippen LogP contribution is -1.85. The second-order valence-electron chi connectivity index (χ2n) is 3.92. The highest BCUT2D eigenvalue weighted by Crippen LogP contribution is 2.21. The number of nitrogens with zero attached hydrogens (tertiary/aromatic N) is 2. The van der Waals surface area contributed by atoms with E-state index in [-0.39, 0.29) is 0 Å². The summed E-state index contributed by atoms with van der Waals surface area (Å²) in [4.78, 5) is 4.52. The fourth-order valence-corrected chi connectivity index (χ4v) is 1.84. The number of benzene rings is 1. The number of nitrogen functional groups attached to an aromatic ring is 1. The summed E-state index contributed by atoms with van der Waals surface area (Å²) in [6, 6.07) is 9.74. The van der Waals surface area contributed by atoms with Gasteiger partial charge in [0.1, 0.15) is 0 Å². The Morgan fingerprint density at radius 1 is 1.31 bits per heavy atom. The second-order valence-corrected chi connectivity index (χ2v) is 3.92. The molecule has 0 atom stereocenters. The third-order valence-corrected chi connectivity index (χ3v) is 2.56. The molecule has 0 fully saturated rings. The zero-order chi connectivity index (χ0) is 11.1. The summed E-state index contributed by atoms with van der Waals surface area (Å²) in [6.45, 7) is 2.01. The molecule has 0 unspecified atom stereocenters. The molecule has 0 aliphatic carbocycles. The summed E-state index contributed by atoms with van der Waals surface area (Å²) in [5.74, 6) is 0. The van der Waals surface area contributed by atoms with Crippen molar-refractivity contribution in [2.24, 2.45) is 0 Å². The van der Waals surface area contributed by atoms with Crippen LogP contribution in [-0.2, 0) is 0 Å². The molecule has 3 N–H and O–H groups in total. The maximum Gasteiger partial charge on any atom is 0.153 e. The smallest absolute Gasteiger partial charge is 0.153 e. The first-order valence-electron chi connectivity index (χ1n) is 5.13. The van der Waals surface area contributed by atoms with Crippen LogP contribution >= 0.6 is 0 Å². The van der Waals surface area contributed by atoms with Crippen LogP contribution < -0.4 is 5.73 Å². The van der Waals surface area contributed by atoms with Gasteiger partial charge in [0, 0.05) is 23.0 Å². The Morgan fingerprint density at radius 2 is 2.19 bits per heavy atom. The van der Waals surface area contributed by atoms with Crippen molar-refractivity contribution in [3.05, 3.63) is 42.2 Å². The lowest BCUT2D eigenvalue weighted by atomic mass is 10.1. The Bertz CT molecular complexity index is 616. The van der Waals surface area contributed by atoms with Gasteiger partial charge in [0.15, 0.2) is 5.65 Å². The third-order valence-electron chi connectivity index (χ3n) is 2.56. The van der Waals surface area contributed by atoms with Crippen LogP contribution in [0.2, 0.25) is 0 Å². The van der Waals surface area contributed by atoms with E-state index in [0.29, 0.717) is 0 Å². The van der Waals surface area contributed by atoms with Crippen molar-refractivity contribution < 1.29 is 0 Å². The fourth-order valence-electron chi connectivity index (χ4n) is 1.84. The van der Waals surface area contributed by atoms with E-state index in [1.165, 1.54) is 0 Å². The van der Waals surface area contributed by atoms with Gasteiger partial charge in [0.25, 0.3) is 0 Å². The Morgan fingerprint density at radius 3 is 2.94 bits per heavy atom. The summed E-state index contributed by atoms with van der Waals surface area (Å²) in [5.41, 5.74) is 10.5. The molecule has 2 aromatic heterocycles. The predicted molar refractivity (Wildman–Crippen MR) is 64.1 cm³/mol. The molecule has 4 heteroatoms. The van der Waals surface area contributed by atoms with Gasteiger partial charge in [0.2, 0.25) is 0 Å². The van der Waals surface area contributed by atoms with E-state index in [4.69, 9.17) is 5.73 Å². The van der Waals surface area contributed by atoms with Crippen molar-refractivity contribution in [3.8, 4) is 11.3 Å². The zero-order valence-corrected chi connectivity index (χ0v) is 8.94. The van der Waals surface area contributed by atoms with Gasteiger partial charge in [0.05, 0.1) is 11.9 Å². The van der Waals surface area contributed by atoms with Crippen LogP contribution in [0.5, 0.6) is 0 Å². The van der Waals surface area contributed by atoms with Gasteiger partial charge in [-0.2, -0.15) is 0 Å². The number of aryl methyl sites for hydroxylation is 1. The highest BCUT2D eigenvalue weighted by Gasteiger charge is 2.05. The van der Waals surface area contributed by atoms with Gasteiger partial charge in [-0.3, -0.25) is 5.10 Å². The maximum atomic E-state index is 5.75. The molecule has 3 aromatic rings. The first-order valence-corrected chi connectivity index (χ1v) is 5.13. The van der Waals surface area contributed by atoms with Gasteiger partial charge in [-0.25, -0.2) is 9.50 Å². The van der Waals surface area contributed by atoms with E-state index in [0.717, 1.165) is 28.3 Å². The molecule has 0 spiro atoms. The molecule has 4 nitrogen and oxygen atoms in total. The number of rotatable bonds is 1. The van der Waals surface area contributed by atoms with E-state index in [9.17, 15) is 0 Å². The number of aromatic amines is 1.